The minimum Gasteiger partial charge on any atom is -0.453 e. The van der Waals surface area contributed by atoms with E-state index in [0.29, 0.717) is 17.5 Å². The molecule has 0 atom stereocenters. The van der Waals surface area contributed by atoms with E-state index in [1.165, 1.54) is 44.1 Å². The fraction of sp³-hybridized carbons (Fsp3) is 0.0156. The summed E-state index contributed by atoms with van der Waals surface area (Å²) in [5.74, 6) is 1.86. The van der Waals surface area contributed by atoms with Crippen LogP contribution in [-0.4, -0.2) is 24.1 Å². The lowest BCUT2D eigenvalue weighted by atomic mass is 10.00. The van der Waals surface area contributed by atoms with Crippen molar-refractivity contribution in [2.75, 3.05) is 0 Å². The number of furan rings is 1. The maximum atomic E-state index is 7.14. The standard InChI is InChI=1S/C64H41N5O/c1-5-18-41(19-6-1)62-65-63(42-20-7-2-8-21-42)67-64(66-62)46-23-15-22-45(38-46)48-28-16-29-51-52-30-17-33-59(61(52)70-60(48)51)69-56-32-14-13-27-50(56)54-40-44(35-37-58(54)69)43-34-36-57-53(39-43)49-26-11-4-12-31-55(49)68(57)47-24-9-3-10-25-47/h1-3,5-40H,4H2. The van der Waals surface area contributed by atoms with Gasteiger partial charge in [0.1, 0.15) is 5.58 Å². The highest BCUT2D eigenvalue weighted by Crippen LogP contribution is 2.43. The summed E-state index contributed by atoms with van der Waals surface area (Å²) < 4.78 is 11.9. The Hall–Kier alpha value is -9.39. The molecule has 0 spiro atoms. The van der Waals surface area contributed by atoms with Gasteiger partial charge in [0.2, 0.25) is 0 Å². The van der Waals surface area contributed by atoms with Gasteiger partial charge in [0.15, 0.2) is 23.1 Å². The lowest BCUT2D eigenvalue weighted by Gasteiger charge is -2.10. The molecule has 0 fully saturated rings. The molecule has 0 radical (unpaired) electrons. The third kappa shape index (κ3) is 6.45. The Bertz CT molecular complexity index is 4200. The van der Waals surface area contributed by atoms with Crippen LogP contribution in [0.1, 0.15) is 17.7 Å². The van der Waals surface area contributed by atoms with Crippen LogP contribution in [0.4, 0.5) is 0 Å². The third-order valence-electron chi connectivity index (χ3n) is 13.8. The first-order chi connectivity index (χ1) is 34.7. The van der Waals surface area contributed by atoms with E-state index >= 15 is 0 Å². The highest BCUT2D eigenvalue weighted by atomic mass is 16.3. The molecule has 1 aliphatic carbocycles. The van der Waals surface area contributed by atoms with Gasteiger partial charge in [-0.3, -0.25) is 0 Å². The lowest BCUT2D eigenvalue weighted by molar-refractivity contribution is 0.667. The number of hydrogen-bond acceptors (Lipinski definition) is 4. The van der Waals surface area contributed by atoms with Gasteiger partial charge >= 0.3 is 0 Å². The molecule has 4 aromatic heterocycles. The van der Waals surface area contributed by atoms with Gasteiger partial charge in [-0.25, -0.2) is 15.0 Å². The van der Waals surface area contributed by atoms with E-state index in [1.807, 2.05) is 60.7 Å². The molecule has 70 heavy (non-hydrogen) atoms. The highest BCUT2D eigenvalue weighted by molar-refractivity contribution is 6.15. The largest absolute Gasteiger partial charge is 0.453 e. The van der Waals surface area contributed by atoms with Crippen molar-refractivity contribution in [3.05, 3.63) is 236 Å². The van der Waals surface area contributed by atoms with Crippen LogP contribution in [0.2, 0.25) is 0 Å². The number of nitrogens with zero attached hydrogens (tertiary/aromatic N) is 5. The van der Waals surface area contributed by atoms with Crippen LogP contribution in [0.15, 0.2) is 229 Å². The van der Waals surface area contributed by atoms with Gasteiger partial charge in [0, 0.05) is 60.4 Å². The Labute approximate surface area is 403 Å². The topological polar surface area (TPSA) is 61.7 Å². The minimum atomic E-state index is 0.606. The summed E-state index contributed by atoms with van der Waals surface area (Å²) in [5, 5.41) is 5.73. The zero-order valence-electron chi connectivity index (χ0n) is 37.9. The molecule has 0 saturated heterocycles. The number of benzene rings is 9. The molecule has 13 aromatic rings. The van der Waals surface area contributed by atoms with Crippen molar-refractivity contribution in [2.24, 2.45) is 0 Å². The summed E-state index contributed by atoms with van der Waals surface area (Å²) in [6, 6.07) is 74.7. The molecule has 14 rings (SSSR count). The number of aromatic nitrogens is 5. The molecule has 9 aromatic carbocycles. The third-order valence-corrected chi connectivity index (χ3v) is 13.8. The monoisotopic (exact) mass is 895 g/mol. The first-order valence-electron chi connectivity index (χ1n) is 23.7. The Morgan fingerprint density at radius 2 is 0.900 bits per heavy atom. The second kappa shape index (κ2) is 16.1. The van der Waals surface area contributed by atoms with Crippen molar-refractivity contribution < 1.29 is 4.42 Å². The van der Waals surface area contributed by atoms with Crippen LogP contribution in [0.3, 0.4) is 0 Å². The van der Waals surface area contributed by atoms with Gasteiger partial charge in [-0.05, 0) is 83.8 Å². The normalized spacial score (nSPS) is 12.4. The quantitative estimate of drug-likeness (QED) is 0.160. The molecule has 0 saturated carbocycles. The second-order valence-electron chi connectivity index (χ2n) is 17.9. The SMILES string of the molecule is C1=Cc2c(n(-c3ccccc3)c3ccc(-c4ccc5c(c4)c4ccccc4n5-c4cccc5c4oc4c(-c6cccc(-c7nc(-c8ccccc8)nc(-c8ccccc8)n7)c6)cccc45)cc23)C=CC1. The van der Waals surface area contributed by atoms with E-state index in [1.54, 1.807) is 0 Å². The molecule has 4 heterocycles. The molecule has 0 unspecified atom stereocenters. The van der Waals surface area contributed by atoms with Crippen LogP contribution in [0.5, 0.6) is 0 Å². The van der Waals surface area contributed by atoms with Gasteiger partial charge in [-0.2, -0.15) is 0 Å². The zero-order chi connectivity index (χ0) is 46.1. The lowest BCUT2D eigenvalue weighted by Crippen LogP contribution is -2.00. The van der Waals surface area contributed by atoms with Gasteiger partial charge in [-0.15, -0.1) is 0 Å². The second-order valence-corrected chi connectivity index (χ2v) is 17.9. The Kier molecular flexibility index (Phi) is 9.17. The molecule has 0 aliphatic heterocycles. The van der Waals surface area contributed by atoms with Crippen molar-refractivity contribution in [3.8, 4) is 67.8 Å². The molecule has 1 aliphatic rings. The summed E-state index contributed by atoms with van der Waals surface area (Å²) in [6.45, 7) is 0. The minimum absolute atomic E-state index is 0.606. The molecule has 6 nitrogen and oxygen atoms in total. The molecule has 0 amide bonds. The van der Waals surface area contributed by atoms with Gasteiger partial charge < -0.3 is 13.6 Å². The average molecular weight is 896 g/mol. The van der Waals surface area contributed by atoms with Crippen molar-refractivity contribution in [1.29, 1.82) is 0 Å². The predicted molar refractivity (Wildman–Crippen MR) is 288 cm³/mol. The summed E-state index contributed by atoms with van der Waals surface area (Å²) in [4.78, 5) is 15.0. The molecular formula is C64H41N5O. The Balaban J connectivity index is 0.890. The number of fused-ring (bicyclic) bond motifs is 9. The van der Waals surface area contributed by atoms with E-state index in [0.717, 1.165) is 78.6 Å². The summed E-state index contributed by atoms with van der Waals surface area (Å²) in [5.41, 5.74) is 16.8. The van der Waals surface area contributed by atoms with Gasteiger partial charge in [-0.1, -0.05) is 176 Å². The van der Waals surface area contributed by atoms with Crippen LogP contribution >= 0.6 is 0 Å². The maximum absolute atomic E-state index is 7.14. The number of rotatable bonds is 7. The number of allylic oxidation sites excluding steroid dienone is 2. The first kappa shape index (κ1) is 39.7. The first-order valence-corrected chi connectivity index (χ1v) is 23.7. The summed E-state index contributed by atoms with van der Waals surface area (Å²) in [6.07, 6.45) is 9.98. The number of para-hydroxylation sites is 4. The fourth-order valence-corrected chi connectivity index (χ4v) is 10.5. The summed E-state index contributed by atoms with van der Waals surface area (Å²) in [7, 11) is 0. The van der Waals surface area contributed by atoms with Crippen molar-refractivity contribution in [3.63, 3.8) is 0 Å². The zero-order valence-corrected chi connectivity index (χ0v) is 37.9. The average Bonchev–Trinajstić information content (AvgIpc) is 4.01. The van der Waals surface area contributed by atoms with Crippen molar-refractivity contribution in [1.82, 2.24) is 24.1 Å². The molecular weight excluding hydrogens is 855 g/mol. The molecule has 328 valence electrons. The van der Waals surface area contributed by atoms with E-state index in [-0.39, 0.29) is 0 Å². The smallest absolute Gasteiger partial charge is 0.164 e. The van der Waals surface area contributed by atoms with E-state index in [2.05, 4.69) is 185 Å². The van der Waals surface area contributed by atoms with Crippen LogP contribution in [0, 0.1) is 0 Å². The van der Waals surface area contributed by atoms with E-state index < -0.39 is 0 Å². The van der Waals surface area contributed by atoms with Gasteiger partial charge in [0.25, 0.3) is 0 Å². The fourth-order valence-electron chi connectivity index (χ4n) is 10.5. The molecule has 0 N–H and O–H groups in total. The van der Waals surface area contributed by atoms with E-state index in [4.69, 9.17) is 19.4 Å². The van der Waals surface area contributed by atoms with Crippen LogP contribution < -0.4 is 0 Å². The van der Waals surface area contributed by atoms with Crippen molar-refractivity contribution in [2.45, 2.75) is 6.42 Å². The number of hydrogen-bond donors (Lipinski definition) is 0. The maximum Gasteiger partial charge on any atom is 0.164 e. The van der Waals surface area contributed by atoms with E-state index in [9.17, 15) is 0 Å². The highest BCUT2D eigenvalue weighted by Gasteiger charge is 2.22. The Morgan fingerprint density at radius 1 is 0.357 bits per heavy atom. The van der Waals surface area contributed by atoms with Crippen LogP contribution in [0.25, 0.3) is 135 Å². The Morgan fingerprint density at radius 3 is 1.64 bits per heavy atom. The van der Waals surface area contributed by atoms with Gasteiger partial charge in [0.05, 0.1) is 27.9 Å². The molecule has 0 bridgehead atoms. The molecule has 6 heteroatoms. The predicted octanol–water partition coefficient (Wildman–Crippen LogP) is 16.6. The van der Waals surface area contributed by atoms with Crippen molar-refractivity contribution >= 4 is 66.8 Å². The summed E-state index contributed by atoms with van der Waals surface area (Å²) >= 11 is 0. The van der Waals surface area contributed by atoms with Crippen LogP contribution in [-0.2, 0) is 0 Å².